The normalized spacial score (nSPS) is 16.8. The summed E-state index contributed by atoms with van der Waals surface area (Å²) in [6.07, 6.45) is 5.02. The van der Waals surface area contributed by atoms with Crippen molar-refractivity contribution in [1.82, 2.24) is 4.90 Å². The average Bonchev–Trinajstić information content (AvgIpc) is 3.27. The second kappa shape index (κ2) is 7.66. The summed E-state index contributed by atoms with van der Waals surface area (Å²) < 4.78 is 5.72. The van der Waals surface area contributed by atoms with Gasteiger partial charge in [-0.2, -0.15) is 0 Å². The third-order valence-corrected chi connectivity index (χ3v) is 4.18. The lowest BCUT2D eigenvalue weighted by Gasteiger charge is -2.24. The number of ether oxygens (including phenoxy) is 1. The molecule has 0 amide bonds. The minimum atomic E-state index is 0.754. The largest absolute Gasteiger partial charge is 0.381 e. The van der Waals surface area contributed by atoms with E-state index in [1.54, 1.807) is 0 Å². The quantitative estimate of drug-likeness (QED) is 0.632. The van der Waals surface area contributed by atoms with Gasteiger partial charge in [0.05, 0.1) is 6.61 Å². The molecule has 1 fully saturated rings. The summed E-state index contributed by atoms with van der Waals surface area (Å²) in [7, 11) is 2.24. The standard InChI is InChI=1S/C17H27NO/c1-15(17-9-10-17)18(2)12-6-13-19-14-11-16-7-4-3-5-8-16/h3-5,7-8,15,17H,6,9-14H2,1-2H3. The Morgan fingerprint density at radius 1 is 1.21 bits per heavy atom. The van der Waals surface area contributed by atoms with Crippen LogP contribution < -0.4 is 0 Å². The van der Waals surface area contributed by atoms with Crippen LogP contribution in [0.1, 0.15) is 31.7 Å². The molecule has 0 bridgehead atoms. The van der Waals surface area contributed by atoms with Gasteiger partial charge in [0.25, 0.3) is 0 Å². The average molecular weight is 261 g/mol. The van der Waals surface area contributed by atoms with E-state index in [9.17, 15) is 0 Å². The van der Waals surface area contributed by atoms with Crippen LogP contribution in [0.5, 0.6) is 0 Å². The van der Waals surface area contributed by atoms with Gasteiger partial charge in [-0.25, -0.2) is 0 Å². The Morgan fingerprint density at radius 3 is 2.63 bits per heavy atom. The molecule has 0 heterocycles. The Labute approximate surface area is 117 Å². The van der Waals surface area contributed by atoms with Gasteiger partial charge < -0.3 is 9.64 Å². The zero-order chi connectivity index (χ0) is 13.5. The first-order valence-corrected chi connectivity index (χ1v) is 7.59. The van der Waals surface area contributed by atoms with Gasteiger partial charge >= 0.3 is 0 Å². The number of benzene rings is 1. The predicted molar refractivity (Wildman–Crippen MR) is 80.4 cm³/mol. The molecule has 0 N–H and O–H groups in total. The Kier molecular flexibility index (Phi) is 5.87. The monoisotopic (exact) mass is 261 g/mol. The second-order valence-corrected chi connectivity index (χ2v) is 5.76. The molecular formula is C17H27NO. The maximum absolute atomic E-state index is 5.72. The summed E-state index contributed by atoms with van der Waals surface area (Å²) in [6.45, 7) is 5.23. The highest BCUT2D eigenvalue weighted by molar-refractivity contribution is 5.14. The van der Waals surface area contributed by atoms with Crippen LogP contribution in [0, 0.1) is 5.92 Å². The molecule has 1 aromatic carbocycles. The van der Waals surface area contributed by atoms with E-state index in [4.69, 9.17) is 4.74 Å². The fourth-order valence-corrected chi connectivity index (χ4v) is 2.49. The summed E-state index contributed by atoms with van der Waals surface area (Å²) in [6, 6.07) is 11.3. The molecule has 0 aromatic heterocycles. The van der Waals surface area contributed by atoms with Crippen molar-refractivity contribution in [3.8, 4) is 0 Å². The van der Waals surface area contributed by atoms with Crippen LogP contribution in [0.4, 0.5) is 0 Å². The Bertz CT molecular complexity index is 348. The van der Waals surface area contributed by atoms with Crippen molar-refractivity contribution in [2.45, 2.75) is 38.6 Å². The smallest absolute Gasteiger partial charge is 0.0506 e. The Balaban J connectivity index is 1.48. The molecule has 1 aliphatic carbocycles. The fourth-order valence-electron chi connectivity index (χ4n) is 2.49. The zero-order valence-electron chi connectivity index (χ0n) is 12.3. The molecule has 1 aromatic rings. The van der Waals surface area contributed by atoms with Crippen LogP contribution in [0.15, 0.2) is 30.3 Å². The van der Waals surface area contributed by atoms with Gasteiger partial charge in [-0.3, -0.25) is 0 Å². The lowest BCUT2D eigenvalue weighted by atomic mass is 10.2. The van der Waals surface area contributed by atoms with Crippen molar-refractivity contribution in [3.63, 3.8) is 0 Å². The summed E-state index contributed by atoms with van der Waals surface area (Å²) in [5, 5.41) is 0. The highest BCUT2D eigenvalue weighted by Crippen LogP contribution is 2.34. The lowest BCUT2D eigenvalue weighted by Crippen LogP contribution is -2.32. The second-order valence-electron chi connectivity index (χ2n) is 5.76. The zero-order valence-corrected chi connectivity index (χ0v) is 12.3. The molecule has 2 rings (SSSR count). The molecule has 1 aliphatic rings. The van der Waals surface area contributed by atoms with E-state index in [1.165, 1.54) is 18.4 Å². The van der Waals surface area contributed by atoms with E-state index < -0.39 is 0 Å². The minimum Gasteiger partial charge on any atom is -0.381 e. The van der Waals surface area contributed by atoms with Crippen LogP contribution in [-0.2, 0) is 11.2 Å². The highest BCUT2D eigenvalue weighted by Gasteiger charge is 2.29. The topological polar surface area (TPSA) is 12.5 Å². The minimum absolute atomic E-state index is 0.754. The molecule has 1 atom stereocenters. The van der Waals surface area contributed by atoms with Gasteiger partial charge in [-0.1, -0.05) is 30.3 Å². The molecule has 1 unspecified atom stereocenters. The van der Waals surface area contributed by atoms with Crippen LogP contribution in [0.2, 0.25) is 0 Å². The summed E-state index contributed by atoms with van der Waals surface area (Å²) in [5.74, 6) is 0.962. The molecule has 0 radical (unpaired) electrons. The molecular weight excluding hydrogens is 234 g/mol. The molecule has 2 nitrogen and oxygen atoms in total. The van der Waals surface area contributed by atoms with E-state index in [2.05, 4.69) is 49.2 Å². The molecule has 106 valence electrons. The Morgan fingerprint density at radius 2 is 1.95 bits per heavy atom. The van der Waals surface area contributed by atoms with Crippen molar-refractivity contribution in [1.29, 1.82) is 0 Å². The maximum Gasteiger partial charge on any atom is 0.0506 e. The van der Waals surface area contributed by atoms with Gasteiger partial charge in [0.1, 0.15) is 0 Å². The fraction of sp³-hybridized carbons (Fsp3) is 0.647. The van der Waals surface area contributed by atoms with Gasteiger partial charge in [0.15, 0.2) is 0 Å². The molecule has 0 spiro atoms. The maximum atomic E-state index is 5.72. The van der Waals surface area contributed by atoms with E-state index in [-0.39, 0.29) is 0 Å². The number of hydrogen-bond donors (Lipinski definition) is 0. The number of nitrogens with zero attached hydrogens (tertiary/aromatic N) is 1. The first kappa shape index (κ1) is 14.5. The first-order chi connectivity index (χ1) is 9.27. The van der Waals surface area contributed by atoms with Crippen molar-refractivity contribution in [2.75, 3.05) is 26.8 Å². The molecule has 0 aliphatic heterocycles. The van der Waals surface area contributed by atoms with Crippen LogP contribution in [-0.4, -0.2) is 37.7 Å². The van der Waals surface area contributed by atoms with Crippen LogP contribution >= 0.6 is 0 Å². The van der Waals surface area contributed by atoms with Crippen molar-refractivity contribution in [3.05, 3.63) is 35.9 Å². The third-order valence-electron chi connectivity index (χ3n) is 4.18. The summed E-state index contributed by atoms with van der Waals surface area (Å²) in [5.41, 5.74) is 1.36. The van der Waals surface area contributed by atoms with E-state index >= 15 is 0 Å². The predicted octanol–water partition coefficient (Wildman–Crippen LogP) is 3.37. The van der Waals surface area contributed by atoms with Gasteiger partial charge in [-0.15, -0.1) is 0 Å². The summed E-state index contributed by atoms with van der Waals surface area (Å²) >= 11 is 0. The van der Waals surface area contributed by atoms with Crippen molar-refractivity contribution in [2.24, 2.45) is 5.92 Å². The van der Waals surface area contributed by atoms with Gasteiger partial charge in [0.2, 0.25) is 0 Å². The third kappa shape index (κ3) is 5.33. The first-order valence-electron chi connectivity index (χ1n) is 7.59. The van der Waals surface area contributed by atoms with Crippen LogP contribution in [0.3, 0.4) is 0 Å². The van der Waals surface area contributed by atoms with E-state index in [0.29, 0.717) is 0 Å². The molecule has 19 heavy (non-hydrogen) atoms. The SMILES string of the molecule is CC(C1CC1)N(C)CCCOCCc1ccccc1. The van der Waals surface area contributed by atoms with Crippen molar-refractivity contribution >= 4 is 0 Å². The van der Waals surface area contributed by atoms with E-state index in [0.717, 1.165) is 44.6 Å². The number of rotatable bonds is 9. The number of hydrogen-bond acceptors (Lipinski definition) is 2. The Hall–Kier alpha value is -0.860. The van der Waals surface area contributed by atoms with Crippen LogP contribution in [0.25, 0.3) is 0 Å². The van der Waals surface area contributed by atoms with E-state index in [1.807, 2.05) is 0 Å². The van der Waals surface area contributed by atoms with Crippen molar-refractivity contribution < 1.29 is 4.74 Å². The lowest BCUT2D eigenvalue weighted by molar-refractivity contribution is 0.119. The highest BCUT2D eigenvalue weighted by atomic mass is 16.5. The molecule has 2 heteroatoms. The molecule has 1 saturated carbocycles. The van der Waals surface area contributed by atoms with Gasteiger partial charge in [-0.05, 0) is 51.1 Å². The molecule has 0 saturated heterocycles. The summed E-state index contributed by atoms with van der Waals surface area (Å²) in [4.78, 5) is 2.48. The van der Waals surface area contributed by atoms with Gasteiger partial charge in [0, 0.05) is 19.2 Å².